The van der Waals surface area contributed by atoms with Gasteiger partial charge in [-0.25, -0.2) is 0 Å². The highest BCUT2D eigenvalue weighted by Crippen LogP contribution is 2.32. The van der Waals surface area contributed by atoms with Crippen molar-refractivity contribution in [3.05, 3.63) is 97.8 Å². The van der Waals surface area contributed by atoms with Gasteiger partial charge in [0.1, 0.15) is 12.4 Å². The Bertz CT molecular complexity index is 1120. The van der Waals surface area contributed by atoms with Crippen molar-refractivity contribution < 1.29 is 9.53 Å². The molecule has 0 aliphatic carbocycles. The van der Waals surface area contributed by atoms with Crippen molar-refractivity contribution in [2.24, 2.45) is 0 Å². The number of amides is 1. The number of carbonyl (C=O) groups is 1. The van der Waals surface area contributed by atoms with Crippen LogP contribution in [0.5, 0.6) is 5.75 Å². The summed E-state index contributed by atoms with van der Waals surface area (Å²) in [5.41, 5.74) is 3.76. The number of aryl methyl sites for hydroxylation is 1. The maximum Gasteiger partial charge on any atom is 0.260 e. The molecule has 1 saturated heterocycles. The van der Waals surface area contributed by atoms with E-state index in [4.69, 9.17) is 16.3 Å². The topological polar surface area (TPSA) is 50.4 Å². The predicted octanol–water partition coefficient (Wildman–Crippen LogP) is 6.59. The molecule has 3 aromatic carbocycles. The SMILES string of the molecule is Cc1ccc(Cl)cc1NC1NC(=O)/C(=C/c2ccc(OCc3ccc(Br)cc3)cc2)S1. The van der Waals surface area contributed by atoms with Crippen LogP contribution in [0.1, 0.15) is 16.7 Å². The van der Waals surface area contributed by atoms with Gasteiger partial charge in [-0.2, -0.15) is 0 Å². The lowest BCUT2D eigenvalue weighted by Crippen LogP contribution is -2.31. The molecule has 0 radical (unpaired) electrons. The predicted molar refractivity (Wildman–Crippen MR) is 132 cm³/mol. The second-order valence-electron chi connectivity index (χ2n) is 7.07. The van der Waals surface area contributed by atoms with Crippen LogP contribution in [0.4, 0.5) is 5.69 Å². The van der Waals surface area contributed by atoms with E-state index in [9.17, 15) is 4.79 Å². The molecular formula is C24H20BrClN2O2S. The third-order valence-corrected chi connectivity index (χ3v) is 6.51. The van der Waals surface area contributed by atoms with Crippen molar-refractivity contribution in [1.82, 2.24) is 5.32 Å². The number of hydrogen-bond donors (Lipinski definition) is 2. The number of ether oxygens (including phenoxy) is 1. The fraction of sp³-hybridized carbons (Fsp3) is 0.125. The summed E-state index contributed by atoms with van der Waals surface area (Å²) in [4.78, 5) is 13.0. The molecule has 0 saturated carbocycles. The Labute approximate surface area is 199 Å². The van der Waals surface area contributed by atoms with Crippen molar-refractivity contribution in [2.45, 2.75) is 19.0 Å². The molecule has 2 N–H and O–H groups in total. The van der Waals surface area contributed by atoms with E-state index in [2.05, 4.69) is 26.6 Å². The lowest BCUT2D eigenvalue weighted by molar-refractivity contribution is -0.116. The molecule has 3 aromatic rings. The van der Waals surface area contributed by atoms with Crippen LogP contribution < -0.4 is 15.4 Å². The third kappa shape index (κ3) is 5.85. The number of halogens is 2. The molecular weight excluding hydrogens is 496 g/mol. The Hall–Kier alpha value is -2.41. The Kier molecular flexibility index (Phi) is 6.90. The molecule has 0 aromatic heterocycles. The maximum absolute atomic E-state index is 12.4. The van der Waals surface area contributed by atoms with Crippen molar-refractivity contribution >= 4 is 57.0 Å². The molecule has 4 rings (SSSR count). The first-order valence-electron chi connectivity index (χ1n) is 9.65. The summed E-state index contributed by atoms with van der Waals surface area (Å²) in [6, 6.07) is 21.4. The van der Waals surface area contributed by atoms with E-state index in [-0.39, 0.29) is 11.4 Å². The van der Waals surface area contributed by atoms with Gasteiger partial charge in [0, 0.05) is 15.2 Å². The Morgan fingerprint density at radius 2 is 1.87 bits per heavy atom. The second-order valence-corrected chi connectivity index (χ2v) is 9.57. The number of rotatable bonds is 6. The Morgan fingerprint density at radius 3 is 2.61 bits per heavy atom. The van der Waals surface area contributed by atoms with Gasteiger partial charge in [0.25, 0.3) is 5.91 Å². The Balaban J connectivity index is 1.37. The smallest absolute Gasteiger partial charge is 0.260 e. The van der Waals surface area contributed by atoms with Crippen LogP contribution in [0.2, 0.25) is 5.02 Å². The fourth-order valence-corrected chi connectivity index (χ4v) is 4.43. The van der Waals surface area contributed by atoms with Crippen LogP contribution in [0.15, 0.2) is 76.1 Å². The highest BCUT2D eigenvalue weighted by molar-refractivity contribution is 9.10. The van der Waals surface area contributed by atoms with Gasteiger partial charge in [-0.05, 0) is 66.1 Å². The van der Waals surface area contributed by atoms with E-state index in [0.717, 1.165) is 32.6 Å². The van der Waals surface area contributed by atoms with Gasteiger partial charge in [-0.1, -0.05) is 69.6 Å². The monoisotopic (exact) mass is 514 g/mol. The normalized spacial score (nSPS) is 16.9. The van der Waals surface area contributed by atoms with Gasteiger partial charge in [-0.15, -0.1) is 0 Å². The first kappa shape index (κ1) is 21.8. The van der Waals surface area contributed by atoms with Crippen molar-refractivity contribution in [2.75, 3.05) is 5.32 Å². The largest absolute Gasteiger partial charge is 0.489 e. The van der Waals surface area contributed by atoms with Crippen molar-refractivity contribution in [3.63, 3.8) is 0 Å². The van der Waals surface area contributed by atoms with E-state index in [0.29, 0.717) is 16.5 Å². The van der Waals surface area contributed by atoms with Gasteiger partial charge in [0.15, 0.2) is 5.50 Å². The zero-order valence-corrected chi connectivity index (χ0v) is 19.9. The fourth-order valence-electron chi connectivity index (χ4n) is 3.02. The molecule has 1 heterocycles. The number of anilines is 1. The summed E-state index contributed by atoms with van der Waals surface area (Å²) in [6.07, 6.45) is 1.88. The summed E-state index contributed by atoms with van der Waals surface area (Å²) < 4.78 is 6.89. The molecule has 1 unspecified atom stereocenters. The quantitative estimate of drug-likeness (QED) is 0.364. The lowest BCUT2D eigenvalue weighted by Gasteiger charge is -2.15. The minimum absolute atomic E-state index is 0.0993. The van der Waals surface area contributed by atoms with Gasteiger partial charge in [0.2, 0.25) is 0 Å². The van der Waals surface area contributed by atoms with Crippen LogP contribution in [0, 0.1) is 6.92 Å². The summed E-state index contributed by atoms with van der Waals surface area (Å²) in [6.45, 7) is 2.50. The van der Waals surface area contributed by atoms with Crippen LogP contribution in [0.3, 0.4) is 0 Å². The Morgan fingerprint density at radius 1 is 1.13 bits per heavy atom. The molecule has 0 bridgehead atoms. The van der Waals surface area contributed by atoms with Crippen LogP contribution in [0.25, 0.3) is 6.08 Å². The zero-order chi connectivity index (χ0) is 21.8. The summed E-state index contributed by atoms with van der Waals surface area (Å²) >= 11 is 11.0. The number of hydrogen-bond acceptors (Lipinski definition) is 4. The van der Waals surface area contributed by atoms with Crippen molar-refractivity contribution in [1.29, 1.82) is 0 Å². The first-order valence-corrected chi connectivity index (χ1v) is 11.7. The van der Waals surface area contributed by atoms with E-state index < -0.39 is 0 Å². The molecule has 158 valence electrons. The molecule has 7 heteroatoms. The highest BCUT2D eigenvalue weighted by Gasteiger charge is 2.27. The van der Waals surface area contributed by atoms with Gasteiger partial charge in [0.05, 0.1) is 4.91 Å². The van der Waals surface area contributed by atoms with Crippen molar-refractivity contribution in [3.8, 4) is 5.75 Å². The van der Waals surface area contributed by atoms with Crippen LogP contribution in [-0.4, -0.2) is 11.4 Å². The molecule has 4 nitrogen and oxygen atoms in total. The minimum Gasteiger partial charge on any atom is -0.489 e. The van der Waals surface area contributed by atoms with E-state index in [1.54, 1.807) is 0 Å². The molecule has 31 heavy (non-hydrogen) atoms. The van der Waals surface area contributed by atoms with E-state index in [1.807, 2.05) is 79.7 Å². The molecule has 1 atom stereocenters. The molecule has 1 amide bonds. The molecule has 1 aliphatic heterocycles. The van der Waals surface area contributed by atoms with Gasteiger partial charge >= 0.3 is 0 Å². The number of carbonyl (C=O) groups excluding carboxylic acids is 1. The average Bonchev–Trinajstić information content (AvgIpc) is 3.10. The van der Waals surface area contributed by atoms with Crippen LogP contribution >= 0.6 is 39.3 Å². The van der Waals surface area contributed by atoms with Gasteiger partial charge in [-0.3, -0.25) is 4.79 Å². The average molecular weight is 516 g/mol. The number of benzene rings is 3. The number of thioether (sulfide) groups is 1. The first-order chi connectivity index (χ1) is 15.0. The highest BCUT2D eigenvalue weighted by atomic mass is 79.9. The van der Waals surface area contributed by atoms with E-state index in [1.165, 1.54) is 11.8 Å². The van der Waals surface area contributed by atoms with Gasteiger partial charge < -0.3 is 15.4 Å². The third-order valence-electron chi connectivity index (χ3n) is 4.71. The minimum atomic E-state index is -0.246. The molecule has 1 aliphatic rings. The molecule has 1 fully saturated rings. The molecule has 0 spiro atoms. The lowest BCUT2D eigenvalue weighted by atomic mass is 10.2. The summed E-state index contributed by atoms with van der Waals surface area (Å²) in [5, 5.41) is 6.92. The zero-order valence-electron chi connectivity index (χ0n) is 16.7. The number of nitrogens with one attached hydrogen (secondary N) is 2. The van der Waals surface area contributed by atoms with E-state index >= 15 is 0 Å². The summed E-state index contributed by atoms with van der Waals surface area (Å²) in [7, 11) is 0. The maximum atomic E-state index is 12.4. The standard InChI is InChI=1S/C24H20BrClN2O2S/c1-15-2-9-19(26)13-21(15)27-24-28-23(29)22(31-24)12-16-5-10-20(11-6-16)30-14-17-3-7-18(25)8-4-17/h2-13,24,27H,14H2,1H3,(H,28,29)/b22-12-. The van der Waals surface area contributed by atoms with Crippen LogP contribution in [-0.2, 0) is 11.4 Å². The second kappa shape index (κ2) is 9.81. The summed E-state index contributed by atoms with van der Waals surface area (Å²) in [5.74, 6) is 0.683.